The third-order valence-electron chi connectivity index (χ3n) is 3.65. The summed E-state index contributed by atoms with van der Waals surface area (Å²) in [4.78, 5) is 13.9. The highest BCUT2D eigenvalue weighted by atomic mass is 19.1. The molecule has 20 heavy (non-hydrogen) atoms. The van der Waals surface area contributed by atoms with E-state index in [1.165, 1.54) is 13.2 Å². The first-order chi connectivity index (χ1) is 9.60. The monoisotopic (exact) mass is 280 g/mol. The number of amides is 1. The highest BCUT2D eigenvalue weighted by Gasteiger charge is 2.20. The van der Waals surface area contributed by atoms with Crippen molar-refractivity contribution in [2.75, 3.05) is 20.2 Å². The first-order valence-electron chi connectivity index (χ1n) is 6.96. The standard InChI is InChI=1S/C15H21FN2O2/c1-20-14-6-4-11(9-13(14)16)5-7-15(19)18-8-2-3-12(17)10-18/h4,6,9,12H,2-3,5,7-8,10,17H2,1H3. The number of ether oxygens (including phenoxy) is 1. The lowest BCUT2D eigenvalue weighted by molar-refractivity contribution is -0.132. The summed E-state index contributed by atoms with van der Waals surface area (Å²) in [6.45, 7) is 1.42. The van der Waals surface area contributed by atoms with E-state index in [1.54, 1.807) is 12.1 Å². The number of hydrogen-bond acceptors (Lipinski definition) is 3. The molecule has 1 amide bonds. The van der Waals surface area contributed by atoms with Crippen LogP contribution in [-0.2, 0) is 11.2 Å². The van der Waals surface area contributed by atoms with Crippen molar-refractivity contribution in [1.82, 2.24) is 4.90 Å². The number of rotatable bonds is 4. The molecular formula is C15H21FN2O2. The molecule has 4 nitrogen and oxygen atoms in total. The summed E-state index contributed by atoms with van der Waals surface area (Å²) in [5.74, 6) is -0.0732. The Morgan fingerprint density at radius 3 is 3.00 bits per heavy atom. The zero-order chi connectivity index (χ0) is 14.5. The number of carbonyl (C=O) groups is 1. The number of hydrogen-bond donors (Lipinski definition) is 1. The van der Waals surface area contributed by atoms with Gasteiger partial charge in [0.25, 0.3) is 0 Å². The van der Waals surface area contributed by atoms with E-state index in [9.17, 15) is 9.18 Å². The molecule has 0 radical (unpaired) electrons. The van der Waals surface area contributed by atoms with Crippen LogP contribution in [0, 0.1) is 5.82 Å². The van der Waals surface area contributed by atoms with E-state index in [-0.39, 0.29) is 17.7 Å². The Labute approximate surface area is 118 Å². The van der Waals surface area contributed by atoms with Gasteiger partial charge in [-0.05, 0) is 37.0 Å². The minimum absolute atomic E-state index is 0.0890. The molecular weight excluding hydrogens is 259 g/mol. The quantitative estimate of drug-likeness (QED) is 0.913. The summed E-state index contributed by atoms with van der Waals surface area (Å²) < 4.78 is 18.4. The first kappa shape index (κ1) is 14.8. The molecule has 0 spiro atoms. The van der Waals surface area contributed by atoms with Crippen LogP contribution < -0.4 is 10.5 Å². The minimum Gasteiger partial charge on any atom is -0.494 e. The van der Waals surface area contributed by atoms with Crippen molar-refractivity contribution in [1.29, 1.82) is 0 Å². The predicted molar refractivity (Wildman–Crippen MR) is 75.1 cm³/mol. The van der Waals surface area contributed by atoms with Gasteiger partial charge in [0, 0.05) is 25.6 Å². The van der Waals surface area contributed by atoms with Gasteiger partial charge in [0.15, 0.2) is 11.6 Å². The van der Waals surface area contributed by atoms with E-state index in [4.69, 9.17) is 10.5 Å². The number of carbonyl (C=O) groups excluding carboxylic acids is 1. The van der Waals surface area contributed by atoms with Gasteiger partial charge in [-0.2, -0.15) is 0 Å². The average Bonchev–Trinajstić information content (AvgIpc) is 2.45. The summed E-state index contributed by atoms with van der Waals surface area (Å²) in [6, 6.07) is 4.89. The molecule has 0 aromatic heterocycles. The van der Waals surface area contributed by atoms with Gasteiger partial charge in [-0.15, -0.1) is 0 Å². The van der Waals surface area contributed by atoms with Gasteiger partial charge >= 0.3 is 0 Å². The SMILES string of the molecule is COc1ccc(CCC(=O)N2CCCC(N)C2)cc1F. The summed E-state index contributed by atoms with van der Waals surface area (Å²) in [5, 5.41) is 0. The molecule has 2 rings (SSSR count). The molecule has 1 aliphatic rings. The molecule has 0 aliphatic carbocycles. The molecule has 1 atom stereocenters. The van der Waals surface area contributed by atoms with Crippen molar-refractivity contribution < 1.29 is 13.9 Å². The van der Waals surface area contributed by atoms with Crippen molar-refractivity contribution in [3.63, 3.8) is 0 Å². The molecule has 1 unspecified atom stereocenters. The van der Waals surface area contributed by atoms with Gasteiger partial charge < -0.3 is 15.4 Å². The van der Waals surface area contributed by atoms with Crippen LogP contribution in [0.15, 0.2) is 18.2 Å². The Bertz CT molecular complexity index is 479. The summed E-state index contributed by atoms with van der Waals surface area (Å²) in [7, 11) is 1.43. The molecule has 0 saturated carbocycles. The highest BCUT2D eigenvalue weighted by Crippen LogP contribution is 2.19. The van der Waals surface area contributed by atoms with Gasteiger partial charge in [-0.25, -0.2) is 4.39 Å². The highest BCUT2D eigenvalue weighted by molar-refractivity contribution is 5.76. The number of piperidine rings is 1. The van der Waals surface area contributed by atoms with Gasteiger partial charge in [0.05, 0.1) is 7.11 Å². The van der Waals surface area contributed by atoms with Crippen LogP contribution >= 0.6 is 0 Å². The molecule has 0 bridgehead atoms. The van der Waals surface area contributed by atoms with Crippen molar-refractivity contribution >= 4 is 5.91 Å². The van der Waals surface area contributed by atoms with Gasteiger partial charge in [-0.3, -0.25) is 4.79 Å². The van der Waals surface area contributed by atoms with E-state index in [0.29, 0.717) is 19.4 Å². The molecule has 1 aromatic carbocycles. The second kappa shape index (κ2) is 6.70. The summed E-state index contributed by atoms with van der Waals surface area (Å²) >= 11 is 0. The molecule has 1 aliphatic heterocycles. The maximum absolute atomic E-state index is 13.5. The second-order valence-corrected chi connectivity index (χ2v) is 5.21. The zero-order valence-corrected chi connectivity index (χ0v) is 11.8. The molecule has 1 aromatic rings. The topological polar surface area (TPSA) is 55.6 Å². The zero-order valence-electron chi connectivity index (χ0n) is 11.8. The van der Waals surface area contributed by atoms with Crippen molar-refractivity contribution in [3.05, 3.63) is 29.6 Å². The molecule has 1 fully saturated rings. The van der Waals surface area contributed by atoms with E-state index >= 15 is 0 Å². The smallest absolute Gasteiger partial charge is 0.222 e. The number of nitrogens with zero attached hydrogens (tertiary/aromatic N) is 1. The molecule has 5 heteroatoms. The fourth-order valence-electron chi connectivity index (χ4n) is 2.51. The third-order valence-corrected chi connectivity index (χ3v) is 3.65. The predicted octanol–water partition coefficient (Wildman–Crippen LogP) is 1.72. The fraction of sp³-hybridized carbons (Fsp3) is 0.533. The third kappa shape index (κ3) is 3.70. The van der Waals surface area contributed by atoms with Crippen LogP contribution in [0.4, 0.5) is 4.39 Å². The Morgan fingerprint density at radius 2 is 2.35 bits per heavy atom. The Morgan fingerprint density at radius 1 is 1.55 bits per heavy atom. The number of likely N-dealkylation sites (tertiary alicyclic amines) is 1. The Balaban J connectivity index is 1.88. The van der Waals surface area contributed by atoms with Crippen molar-refractivity contribution in [2.45, 2.75) is 31.7 Å². The molecule has 2 N–H and O–H groups in total. The lowest BCUT2D eigenvalue weighted by Crippen LogP contribution is -2.45. The Hall–Kier alpha value is -1.62. The Kier molecular flexibility index (Phi) is 4.95. The maximum Gasteiger partial charge on any atom is 0.222 e. The van der Waals surface area contributed by atoms with E-state index in [0.717, 1.165) is 24.9 Å². The molecule has 1 heterocycles. The van der Waals surface area contributed by atoms with Crippen LogP contribution in [0.2, 0.25) is 0 Å². The van der Waals surface area contributed by atoms with Crippen LogP contribution in [0.1, 0.15) is 24.8 Å². The summed E-state index contributed by atoms with van der Waals surface area (Å²) in [6.07, 6.45) is 2.86. The second-order valence-electron chi connectivity index (χ2n) is 5.21. The van der Waals surface area contributed by atoms with Gasteiger partial charge in [0.2, 0.25) is 5.91 Å². The normalized spacial score (nSPS) is 18.9. The van der Waals surface area contributed by atoms with Crippen LogP contribution in [0.3, 0.4) is 0 Å². The van der Waals surface area contributed by atoms with Crippen LogP contribution in [-0.4, -0.2) is 37.0 Å². The van der Waals surface area contributed by atoms with E-state index < -0.39 is 5.82 Å². The maximum atomic E-state index is 13.5. The summed E-state index contributed by atoms with van der Waals surface area (Å²) in [5.41, 5.74) is 6.67. The lowest BCUT2D eigenvalue weighted by Gasteiger charge is -2.30. The van der Waals surface area contributed by atoms with Crippen LogP contribution in [0.5, 0.6) is 5.75 Å². The number of methoxy groups -OCH3 is 1. The largest absolute Gasteiger partial charge is 0.494 e. The van der Waals surface area contributed by atoms with Gasteiger partial charge in [-0.1, -0.05) is 6.07 Å². The number of nitrogens with two attached hydrogens (primary N) is 1. The first-order valence-corrected chi connectivity index (χ1v) is 6.96. The molecule has 1 saturated heterocycles. The molecule has 110 valence electrons. The van der Waals surface area contributed by atoms with Crippen molar-refractivity contribution in [3.8, 4) is 5.75 Å². The number of benzene rings is 1. The fourth-order valence-corrected chi connectivity index (χ4v) is 2.51. The minimum atomic E-state index is -0.391. The number of aryl methyl sites for hydroxylation is 1. The average molecular weight is 280 g/mol. The van der Waals surface area contributed by atoms with Gasteiger partial charge in [0.1, 0.15) is 0 Å². The van der Waals surface area contributed by atoms with E-state index in [2.05, 4.69) is 0 Å². The van der Waals surface area contributed by atoms with E-state index in [1.807, 2.05) is 4.90 Å². The number of halogens is 1. The van der Waals surface area contributed by atoms with Crippen LogP contribution in [0.25, 0.3) is 0 Å². The lowest BCUT2D eigenvalue weighted by atomic mass is 10.0. The van der Waals surface area contributed by atoms with Crippen molar-refractivity contribution in [2.24, 2.45) is 5.73 Å².